The number of amides is 1. The third-order valence-electron chi connectivity index (χ3n) is 6.22. The van der Waals surface area contributed by atoms with E-state index in [9.17, 15) is 13.2 Å². The van der Waals surface area contributed by atoms with Crippen LogP contribution in [0.1, 0.15) is 46.0 Å². The van der Waals surface area contributed by atoms with Crippen LogP contribution < -0.4 is 0 Å². The maximum atomic E-state index is 12.5. The number of rotatable bonds is 3. The molecule has 0 N–H and O–H groups in total. The van der Waals surface area contributed by atoms with Gasteiger partial charge in [-0.3, -0.25) is 4.79 Å². The molecule has 20 heavy (non-hydrogen) atoms. The first-order chi connectivity index (χ1) is 9.26. The average Bonchev–Trinajstić information content (AvgIpc) is 2.82. The van der Waals surface area contributed by atoms with E-state index in [1.165, 1.54) is 4.31 Å². The maximum Gasteiger partial charge on any atom is 0.238 e. The highest BCUT2D eigenvalue weighted by Crippen LogP contribution is 2.69. The van der Waals surface area contributed by atoms with Crippen molar-refractivity contribution in [2.45, 2.75) is 52.0 Å². The molecule has 1 saturated heterocycles. The van der Waals surface area contributed by atoms with E-state index in [1.807, 2.05) is 0 Å². The van der Waals surface area contributed by atoms with Crippen molar-refractivity contribution in [1.29, 1.82) is 0 Å². The fourth-order valence-electron chi connectivity index (χ4n) is 4.95. The molecular formula is C15H23NO3S. The first-order valence-electron chi connectivity index (χ1n) is 7.42. The van der Waals surface area contributed by atoms with E-state index in [-0.39, 0.29) is 35.0 Å². The largest absolute Gasteiger partial charge is 0.274 e. The number of allylic oxidation sites excluding steroid dienone is 1. The topological polar surface area (TPSA) is 54.5 Å². The van der Waals surface area contributed by atoms with Crippen LogP contribution in [0.2, 0.25) is 0 Å². The van der Waals surface area contributed by atoms with Crippen molar-refractivity contribution in [2.24, 2.45) is 16.7 Å². The minimum absolute atomic E-state index is 0.0260. The van der Waals surface area contributed by atoms with E-state index in [0.29, 0.717) is 12.3 Å². The molecule has 3 fully saturated rings. The van der Waals surface area contributed by atoms with Gasteiger partial charge in [0.1, 0.15) is 0 Å². The first-order valence-corrected chi connectivity index (χ1v) is 9.03. The van der Waals surface area contributed by atoms with E-state index in [1.54, 1.807) is 6.08 Å². The number of sulfonamides is 1. The second kappa shape index (κ2) is 4.09. The third kappa shape index (κ3) is 1.53. The van der Waals surface area contributed by atoms with Gasteiger partial charge in [0.05, 0.1) is 11.8 Å². The molecule has 2 saturated carbocycles. The summed E-state index contributed by atoms with van der Waals surface area (Å²) in [6, 6.07) is -0.0986. The Hall–Kier alpha value is -0.840. The van der Waals surface area contributed by atoms with Crippen molar-refractivity contribution in [3.63, 3.8) is 0 Å². The molecule has 2 bridgehead atoms. The smallest absolute Gasteiger partial charge is 0.238 e. The van der Waals surface area contributed by atoms with E-state index in [0.717, 1.165) is 19.3 Å². The Labute approximate surface area is 121 Å². The Kier molecular flexibility index (Phi) is 2.89. The van der Waals surface area contributed by atoms with Crippen molar-refractivity contribution in [2.75, 3.05) is 5.75 Å². The summed E-state index contributed by atoms with van der Waals surface area (Å²) >= 11 is 0. The summed E-state index contributed by atoms with van der Waals surface area (Å²) in [4.78, 5) is 12.3. The molecule has 3 atom stereocenters. The number of carbonyl (C=O) groups excluding carboxylic acids is 1. The Bertz CT molecular complexity index is 566. The molecule has 0 aromatic rings. The molecular weight excluding hydrogens is 274 g/mol. The van der Waals surface area contributed by atoms with Gasteiger partial charge in [0.15, 0.2) is 0 Å². The third-order valence-corrected chi connectivity index (χ3v) is 8.16. The van der Waals surface area contributed by atoms with Crippen molar-refractivity contribution in [3.8, 4) is 0 Å². The summed E-state index contributed by atoms with van der Waals surface area (Å²) in [5, 5.41) is 0. The molecule has 0 radical (unpaired) electrons. The lowest BCUT2D eigenvalue weighted by Gasteiger charge is -2.37. The molecule has 0 aromatic carbocycles. The number of fused-ring (bicyclic) bond motifs is 1. The Morgan fingerprint density at radius 1 is 1.45 bits per heavy atom. The maximum absolute atomic E-state index is 12.5. The van der Waals surface area contributed by atoms with Gasteiger partial charge in [-0.1, -0.05) is 19.9 Å². The van der Waals surface area contributed by atoms with Crippen LogP contribution in [0.15, 0.2) is 12.7 Å². The van der Waals surface area contributed by atoms with Crippen molar-refractivity contribution in [3.05, 3.63) is 12.7 Å². The van der Waals surface area contributed by atoms with Crippen LogP contribution in [-0.2, 0) is 14.8 Å². The molecule has 1 aliphatic heterocycles. The zero-order chi connectivity index (χ0) is 14.8. The zero-order valence-electron chi connectivity index (χ0n) is 12.3. The van der Waals surface area contributed by atoms with Crippen LogP contribution in [0.25, 0.3) is 0 Å². The zero-order valence-corrected chi connectivity index (χ0v) is 13.1. The summed E-state index contributed by atoms with van der Waals surface area (Å²) in [5.74, 6) is 0.474. The number of hydrogen-bond acceptors (Lipinski definition) is 3. The lowest BCUT2D eigenvalue weighted by molar-refractivity contribution is -0.128. The second-order valence-electron chi connectivity index (χ2n) is 7.14. The lowest BCUT2D eigenvalue weighted by Crippen LogP contribution is -2.44. The monoisotopic (exact) mass is 297 g/mol. The normalized spacial score (nSPS) is 39.8. The average molecular weight is 297 g/mol. The highest BCUT2D eigenvalue weighted by molar-refractivity contribution is 7.90. The lowest BCUT2D eigenvalue weighted by atomic mass is 9.69. The van der Waals surface area contributed by atoms with Crippen molar-refractivity contribution in [1.82, 2.24) is 4.31 Å². The van der Waals surface area contributed by atoms with Crippen LogP contribution in [-0.4, -0.2) is 30.4 Å². The van der Waals surface area contributed by atoms with Gasteiger partial charge in [0.2, 0.25) is 15.9 Å². The molecule has 0 unspecified atom stereocenters. The van der Waals surface area contributed by atoms with E-state index >= 15 is 0 Å². The van der Waals surface area contributed by atoms with Gasteiger partial charge < -0.3 is 0 Å². The molecule has 4 nitrogen and oxygen atoms in total. The summed E-state index contributed by atoms with van der Waals surface area (Å²) < 4.78 is 26.3. The van der Waals surface area contributed by atoms with Gasteiger partial charge in [-0.15, -0.1) is 6.58 Å². The predicted octanol–water partition coefficient (Wildman–Crippen LogP) is 2.32. The molecule has 1 spiro atoms. The molecule has 2 aliphatic carbocycles. The van der Waals surface area contributed by atoms with Gasteiger partial charge in [-0.25, -0.2) is 12.7 Å². The highest BCUT2D eigenvalue weighted by atomic mass is 32.2. The number of carbonyl (C=O) groups is 1. The fourth-order valence-corrected chi connectivity index (χ4v) is 7.53. The van der Waals surface area contributed by atoms with Gasteiger partial charge in [0, 0.05) is 11.8 Å². The Balaban J connectivity index is 1.98. The fraction of sp³-hybridized carbons (Fsp3) is 0.800. The minimum Gasteiger partial charge on any atom is -0.274 e. The summed E-state index contributed by atoms with van der Waals surface area (Å²) in [5.41, 5.74) is -0.182. The Morgan fingerprint density at radius 3 is 2.75 bits per heavy atom. The predicted molar refractivity (Wildman–Crippen MR) is 77.4 cm³/mol. The van der Waals surface area contributed by atoms with Crippen molar-refractivity contribution < 1.29 is 13.2 Å². The summed E-state index contributed by atoms with van der Waals surface area (Å²) in [7, 11) is -3.44. The second-order valence-corrected chi connectivity index (χ2v) is 8.98. The van der Waals surface area contributed by atoms with E-state index in [2.05, 4.69) is 20.4 Å². The number of hydrogen-bond donors (Lipinski definition) is 0. The molecule has 5 heteroatoms. The molecule has 112 valence electrons. The minimum atomic E-state index is -3.44. The highest BCUT2D eigenvalue weighted by Gasteiger charge is 2.72. The van der Waals surface area contributed by atoms with E-state index in [4.69, 9.17) is 0 Å². The van der Waals surface area contributed by atoms with Gasteiger partial charge in [-0.05, 0) is 37.0 Å². The SMILES string of the molecule is C=CCCC(=O)N1[C@@H]2C[C@H]3CC[C@]2(CS1(=O)=O)C3(C)C. The first kappa shape index (κ1) is 14.1. The number of nitrogens with zero attached hydrogens (tertiary/aromatic N) is 1. The molecule has 1 heterocycles. The molecule has 0 aromatic heterocycles. The van der Waals surface area contributed by atoms with Crippen LogP contribution in [0.5, 0.6) is 0 Å². The van der Waals surface area contributed by atoms with Gasteiger partial charge >= 0.3 is 0 Å². The molecule has 1 amide bonds. The van der Waals surface area contributed by atoms with Crippen LogP contribution >= 0.6 is 0 Å². The molecule has 3 aliphatic rings. The quantitative estimate of drug-likeness (QED) is 0.751. The van der Waals surface area contributed by atoms with Crippen LogP contribution in [0.4, 0.5) is 0 Å². The van der Waals surface area contributed by atoms with Gasteiger partial charge in [-0.2, -0.15) is 0 Å². The molecule has 3 rings (SSSR count). The van der Waals surface area contributed by atoms with Crippen LogP contribution in [0.3, 0.4) is 0 Å². The van der Waals surface area contributed by atoms with Crippen LogP contribution in [0, 0.1) is 16.7 Å². The van der Waals surface area contributed by atoms with Crippen molar-refractivity contribution >= 4 is 15.9 Å². The summed E-state index contributed by atoms with van der Waals surface area (Å²) in [6.45, 7) is 7.99. The Morgan fingerprint density at radius 2 is 2.15 bits per heavy atom. The summed E-state index contributed by atoms with van der Waals surface area (Å²) in [6.07, 6.45) is 5.36. The van der Waals surface area contributed by atoms with Gasteiger partial charge in [0.25, 0.3) is 0 Å². The standard InChI is InChI=1S/C15H23NO3S/c1-4-5-6-13(17)16-12-9-11-7-8-15(12,14(11,2)3)10-20(16,18)19/h4,11-12H,1,5-10H2,2-3H3/t11-,12-,15-/m1/s1. The van der Waals surface area contributed by atoms with E-state index < -0.39 is 10.0 Å².